The van der Waals surface area contributed by atoms with Crippen LogP contribution in [0.5, 0.6) is 0 Å². The van der Waals surface area contributed by atoms with E-state index in [9.17, 15) is 0 Å². The zero-order valence-electron chi connectivity index (χ0n) is 6.50. The van der Waals surface area contributed by atoms with Crippen LogP contribution in [0.15, 0.2) is 0 Å². The molecule has 0 rings (SSSR count). The highest BCUT2D eigenvalue weighted by Crippen LogP contribution is 2.32. The lowest BCUT2D eigenvalue weighted by Crippen LogP contribution is -2.38. The maximum atomic E-state index is 7.72. The Morgan fingerprint density at radius 1 is 1.12 bits per heavy atom. The van der Waals surface area contributed by atoms with Gasteiger partial charge in [-0.2, -0.15) is 0 Å². The summed E-state index contributed by atoms with van der Waals surface area (Å²) in [4.78, 5) is 0. The molecule has 0 spiro atoms. The maximum absolute atomic E-state index is 7.72. The first-order valence-electron chi connectivity index (χ1n) is 3.00. The molecule has 0 saturated heterocycles. The Hall–Kier alpha value is 0.177. The van der Waals surface area contributed by atoms with E-state index in [1.165, 1.54) is 0 Å². The molecule has 1 N–H and O–H groups in total. The monoisotopic (exact) mass is 130 g/mol. The van der Waals surface area contributed by atoms with Gasteiger partial charge in [-0.05, 0) is 5.04 Å². The largest absolute Gasteiger partial charge is 0.285 e. The SMILES string of the molecule is CC(C)(C)[Si](C)(C)[NH]. The van der Waals surface area contributed by atoms with Crippen molar-refractivity contribution in [3.05, 3.63) is 0 Å². The molecule has 0 atom stereocenters. The summed E-state index contributed by atoms with van der Waals surface area (Å²) in [6.45, 7) is 10.6. The fourth-order valence-electron chi connectivity index (χ4n) is 0. The van der Waals surface area contributed by atoms with Gasteiger partial charge in [-0.1, -0.05) is 33.9 Å². The highest BCUT2D eigenvalue weighted by Gasteiger charge is 2.31. The molecule has 1 nitrogen and oxygen atoms in total. The average molecular weight is 130 g/mol. The molecule has 0 bridgehead atoms. The smallest absolute Gasteiger partial charge is 0.140 e. The minimum Gasteiger partial charge on any atom is -0.285 e. The first-order chi connectivity index (χ1) is 3.25. The molecule has 1 radical (unpaired) electrons. The van der Waals surface area contributed by atoms with E-state index in [0.717, 1.165) is 0 Å². The van der Waals surface area contributed by atoms with Crippen LogP contribution in [0, 0.1) is 0 Å². The first-order valence-corrected chi connectivity index (χ1v) is 6.00. The summed E-state index contributed by atoms with van der Waals surface area (Å²) in [5, 5.41) is 7.97. The summed E-state index contributed by atoms with van der Waals surface area (Å²) >= 11 is 0. The van der Waals surface area contributed by atoms with Crippen LogP contribution in [0.1, 0.15) is 20.8 Å². The Labute approximate surface area is 53.4 Å². The van der Waals surface area contributed by atoms with Gasteiger partial charge in [0, 0.05) is 0 Å². The lowest BCUT2D eigenvalue weighted by molar-refractivity contribution is 0.716. The Morgan fingerprint density at radius 2 is 1.25 bits per heavy atom. The molecular weight excluding hydrogens is 114 g/mol. The highest BCUT2D eigenvalue weighted by atomic mass is 28.3. The molecule has 8 heavy (non-hydrogen) atoms. The molecule has 0 aromatic carbocycles. The predicted molar refractivity (Wildman–Crippen MR) is 40.3 cm³/mol. The van der Waals surface area contributed by atoms with Gasteiger partial charge in [-0.25, -0.2) is 0 Å². The maximum Gasteiger partial charge on any atom is 0.140 e. The third-order valence-corrected chi connectivity index (χ3v) is 5.62. The van der Waals surface area contributed by atoms with Crippen molar-refractivity contribution in [2.45, 2.75) is 38.9 Å². The molecule has 49 valence electrons. The predicted octanol–water partition coefficient (Wildman–Crippen LogP) is 2.27. The molecule has 0 unspecified atom stereocenters. The molecular formula is C6H16NSi. The van der Waals surface area contributed by atoms with E-state index in [2.05, 4.69) is 33.9 Å². The van der Waals surface area contributed by atoms with Crippen LogP contribution < -0.4 is 5.40 Å². The molecule has 0 aromatic rings. The van der Waals surface area contributed by atoms with Crippen molar-refractivity contribution in [1.29, 1.82) is 0 Å². The molecule has 0 aliphatic rings. The molecule has 0 saturated carbocycles. The van der Waals surface area contributed by atoms with E-state index in [1.807, 2.05) is 0 Å². The Morgan fingerprint density at radius 3 is 1.25 bits per heavy atom. The van der Waals surface area contributed by atoms with Crippen LogP contribution in [-0.2, 0) is 0 Å². The van der Waals surface area contributed by atoms with Crippen molar-refractivity contribution in [3.8, 4) is 0 Å². The van der Waals surface area contributed by atoms with E-state index < -0.39 is 8.24 Å². The Balaban J connectivity index is 4.02. The van der Waals surface area contributed by atoms with Crippen molar-refractivity contribution in [2.24, 2.45) is 0 Å². The van der Waals surface area contributed by atoms with Crippen molar-refractivity contribution in [1.82, 2.24) is 5.40 Å². The lowest BCUT2D eigenvalue weighted by atomic mass is 10.2. The first kappa shape index (κ1) is 8.18. The van der Waals surface area contributed by atoms with Gasteiger partial charge in [-0.15, -0.1) is 0 Å². The van der Waals surface area contributed by atoms with Crippen LogP contribution in [0.3, 0.4) is 0 Å². The van der Waals surface area contributed by atoms with Crippen LogP contribution in [0.2, 0.25) is 18.1 Å². The topological polar surface area (TPSA) is 23.8 Å². The van der Waals surface area contributed by atoms with Gasteiger partial charge in [0.1, 0.15) is 8.24 Å². The molecule has 0 aliphatic carbocycles. The summed E-state index contributed by atoms with van der Waals surface area (Å²) in [5.41, 5.74) is 0. The fourth-order valence-corrected chi connectivity index (χ4v) is 0. The van der Waals surface area contributed by atoms with Gasteiger partial charge in [0.2, 0.25) is 0 Å². The molecule has 0 heterocycles. The molecule has 0 aromatic heterocycles. The third-order valence-electron chi connectivity index (χ3n) is 1.88. The molecule has 0 amide bonds. The normalized spacial score (nSPS) is 14.2. The summed E-state index contributed by atoms with van der Waals surface area (Å²) < 4.78 is 0. The van der Waals surface area contributed by atoms with E-state index in [1.54, 1.807) is 0 Å². The number of nitrogens with one attached hydrogen (secondary N) is 1. The van der Waals surface area contributed by atoms with E-state index in [-0.39, 0.29) is 5.04 Å². The molecule has 0 fully saturated rings. The van der Waals surface area contributed by atoms with Gasteiger partial charge >= 0.3 is 0 Å². The standard InChI is InChI=1S/C6H16NSi/c1-6(2,3)8(4,5)7/h7H,1-5H3. The Bertz CT molecular complexity index is 63.5. The number of hydrogen-bond acceptors (Lipinski definition) is 0. The summed E-state index contributed by atoms with van der Waals surface area (Å²) in [6, 6.07) is 0. The van der Waals surface area contributed by atoms with Crippen LogP contribution in [-0.4, -0.2) is 8.24 Å². The van der Waals surface area contributed by atoms with Crippen molar-refractivity contribution >= 4 is 8.24 Å². The van der Waals surface area contributed by atoms with Crippen LogP contribution in [0.25, 0.3) is 0 Å². The molecule has 2 heteroatoms. The minimum absolute atomic E-state index is 0.243. The minimum atomic E-state index is -1.61. The number of rotatable bonds is 0. The van der Waals surface area contributed by atoms with Gasteiger partial charge in [-0.3, -0.25) is 5.40 Å². The second-order valence-corrected chi connectivity index (χ2v) is 8.62. The summed E-state index contributed by atoms with van der Waals surface area (Å²) in [7, 11) is -1.61. The lowest BCUT2D eigenvalue weighted by Gasteiger charge is -2.30. The second-order valence-electron chi connectivity index (χ2n) is 3.88. The van der Waals surface area contributed by atoms with Gasteiger partial charge < -0.3 is 0 Å². The summed E-state index contributed by atoms with van der Waals surface area (Å²) in [5.74, 6) is 0. The average Bonchev–Trinajstić information content (AvgIpc) is 1.25. The van der Waals surface area contributed by atoms with Crippen molar-refractivity contribution in [3.63, 3.8) is 0 Å². The zero-order valence-corrected chi connectivity index (χ0v) is 7.50. The quantitative estimate of drug-likeness (QED) is 0.449. The zero-order chi connectivity index (χ0) is 7.00. The summed E-state index contributed by atoms with van der Waals surface area (Å²) in [6.07, 6.45) is 0. The molecule has 0 aliphatic heterocycles. The number of hydrogen-bond donors (Lipinski definition) is 0. The Kier molecular flexibility index (Phi) is 1.89. The van der Waals surface area contributed by atoms with Gasteiger partial charge in [0.25, 0.3) is 0 Å². The van der Waals surface area contributed by atoms with E-state index in [0.29, 0.717) is 0 Å². The highest BCUT2D eigenvalue weighted by molar-refractivity contribution is 6.76. The fraction of sp³-hybridized carbons (Fsp3) is 1.00. The van der Waals surface area contributed by atoms with Crippen molar-refractivity contribution in [2.75, 3.05) is 0 Å². The third kappa shape index (κ3) is 1.97. The van der Waals surface area contributed by atoms with Gasteiger partial charge in [0.15, 0.2) is 0 Å². The van der Waals surface area contributed by atoms with Crippen molar-refractivity contribution < 1.29 is 0 Å². The second kappa shape index (κ2) is 1.85. The van der Waals surface area contributed by atoms with Crippen LogP contribution >= 0.6 is 0 Å². The van der Waals surface area contributed by atoms with E-state index >= 15 is 0 Å². The van der Waals surface area contributed by atoms with Crippen LogP contribution in [0.4, 0.5) is 0 Å². The van der Waals surface area contributed by atoms with Gasteiger partial charge in [0.05, 0.1) is 0 Å². The van der Waals surface area contributed by atoms with E-state index in [4.69, 9.17) is 5.40 Å².